The molecule has 0 atom stereocenters. The van der Waals surface area contributed by atoms with Crippen LogP contribution in [0, 0.1) is 0 Å². The largest absolute Gasteiger partial charge is 0.497 e. The minimum Gasteiger partial charge on any atom is -0.497 e. The van der Waals surface area contributed by atoms with Crippen molar-refractivity contribution in [2.75, 3.05) is 7.11 Å². The van der Waals surface area contributed by atoms with Crippen LogP contribution in [-0.4, -0.2) is 17.1 Å². The molecule has 0 aliphatic carbocycles. The van der Waals surface area contributed by atoms with E-state index in [1.54, 1.807) is 7.11 Å². The highest BCUT2D eigenvalue weighted by atomic mass is 32.1. The molecule has 1 N–H and O–H groups in total. The highest BCUT2D eigenvalue weighted by molar-refractivity contribution is 7.22. The lowest BCUT2D eigenvalue weighted by atomic mass is 10.00. The predicted molar refractivity (Wildman–Crippen MR) is 97.7 cm³/mol. The summed E-state index contributed by atoms with van der Waals surface area (Å²) < 4.78 is 5.23. The van der Waals surface area contributed by atoms with Gasteiger partial charge in [0.25, 0.3) is 5.56 Å². The average molecular weight is 334 g/mol. The lowest BCUT2D eigenvalue weighted by molar-refractivity contribution is 0.415. The monoisotopic (exact) mass is 334 g/mol. The van der Waals surface area contributed by atoms with Crippen molar-refractivity contribution in [2.45, 2.75) is 0 Å². The number of rotatable bonds is 3. The number of fused-ring (bicyclic) bond motifs is 1. The maximum Gasteiger partial charge on any atom is 0.260 e. The van der Waals surface area contributed by atoms with Crippen molar-refractivity contribution >= 4 is 21.6 Å². The number of thiophene rings is 1. The minimum atomic E-state index is -0.121. The maximum atomic E-state index is 12.4. The van der Waals surface area contributed by atoms with Crippen LogP contribution in [0.1, 0.15) is 0 Å². The number of H-pyrrole nitrogens is 1. The normalized spacial score (nSPS) is 10.9. The number of nitrogens with one attached hydrogen (secondary N) is 1. The molecule has 4 aromatic rings. The van der Waals surface area contributed by atoms with Crippen LogP contribution in [0.15, 0.2) is 65.7 Å². The van der Waals surface area contributed by atoms with E-state index >= 15 is 0 Å². The van der Waals surface area contributed by atoms with Crippen molar-refractivity contribution in [3.8, 4) is 27.3 Å². The Bertz CT molecular complexity index is 1050. The first kappa shape index (κ1) is 14.7. The Balaban J connectivity index is 2.05. The number of ether oxygens (including phenoxy) is 1. The molecule has 0 spiro atoms. The van der Waals surface area contributed by atoms with E-state index in [1.165, 1.54) is 17.7 Å². The fraction of sp³-hybridized carbons (Fsp3) is 0.0526. The molecule has 2 aromatic heterocycles. The Morgan fingerprint density at radius 2 is 1.75 bits per heavy atom. The number of hydrogen-bond donors (Lipinski definition) is 1. The topological polar surface area (TPSA) is 55.0 Å². The van der Waals surface area contributed by atoms with Crippen LogP contribution < -0.4 is 10.3 Å². The van der Waals surface area contributed by atoms with Crippen molar-refractivity contribution in [3.63, 3.8) is 0 Å². The lowest BCUT2D eigenvalue weighted by Crippen LogP contribution is -2.05. The molecule has 4 nitrogen and oxygen atoms in total. The van der Waals surface area contributed by atoms with E-state index < -0.39 is 0 Å². The summed E-state index contributed by atoms with van der Waals surface area (Å²) in [5, 5.41) is 0.631. The first-order chi connectivity index (χ1) is 11.8. The summed E-state index contributed by atoms with van der Waals surface area (Å²) in [5.74, 6) is 0.784. The molecule has 0 aliphatic rings. The van der Waals surface area contributed by atoms with Gasteiger partial charge in [-0.05, 0) is 23.3 Å². The highest BCUT2D eigenvalue weighted by Gasteiger charge is 2.18. The maximum absolute atomic E-state index is 12.4. The summed E-state index contributed by atoms with van der Waals surface area (Å²) in [6.45, 7) is 0. The van der Waals surface area contributed by atoms with E-state index in [4.69, 9.17) is 4.74 Å². The molecule has 0 amide bonds. The van der Waals surface area contributed by atoms with Gasteiger partial charge in [-0.2, -0.15) is 0 Å². The van der Waals surface area contributed by atoms with Gasteiger partial charge in [0.15, 0.2) is 0 Å². The van der Waals surface area contributed by atoms with Crippen molar-refractivity contribution in [1.82, 2.24) is 9.97 Å². The molecule has 0 fully saturated rings. The molecule has 0 unspecified atom stereocenters. The third-order valence-corrected chi connectivity index (χ3v) is 5.06. The van der Waals surface area contributed by atoms with Gasteiger partial charge in [0, 0.05) is 10.4 Å². The zero-order valence-corrected chi connectivity index (χ0v) is 13.8. The Kier molecular flexibility index (Phi) is 3.63. The quantitative estimate of drug-likeness (QED) is 0.607. The molecule has 0 saturated carbocycles. The number of aromatic amines is 1. The molecule has 5 heteroatoms. The van der Waals surface area contributed by atoms with Crippen molar-refractivity contribution < 1.29 is 4.74 Å². The van der Waals surface area contributed by atoms with E-state index in [0.717, 1.165) is 32.1 Å². The third-order valence-electron chi connectivity index (χ3n) is 3.91. The third kappa shape index (κ3) is 2.39. The first-order valence-electron chi connectivity index (χ1n) is 7.48. The van der Waals surface area contributed by atoms with Gasteiger partial charge in [-0.1, -0.05) is 42.5 Å². The molecule has 118 valence electrons. The fourth-order valence-electron chi connectivity index (χ4n) is 2.77. The number of benzene rings is 2. The average Bonchev–Trinajstić information content (AvgIpc) is 3.03. The second-order valence-electron chi connectivity index (χ2n) is 5.31. The van der Waals surface area contributed by atoms with Crippen LogP contribution in [0.2, 0.25) is 0 Å². The van der Waals surface area contributed by atoms with Crippen LogP contribution in [0.5, 0.6) is 5.75 Å². The smallest absolute Gasteiger partial charge is 0.260 e. The Labute approximate surface area is 142 Å². The molecule has 0 bridgehead atoms. The van der Waals surface area contributed by atoms with Crippen LogP contribution in [-0.2, 0) is 0 Å². The summed E-state index contributed by atoms with van der Waals surface area (Å²) in [5.41, 5.74) is 2.84. The Morgan fingerprint density at radius 1 is 1.00 bits per heavy atom. The summed E-state index contributed by atoms with van der Waals surface area (Å²) in [4.78, 5) is 21.2. The van der Waals surface area contributed by atoms with Gasteiger partial charge in [-0.15, -0.1) is 11.3 Å². The van der Waals surface area contributed by atoms with Crippen molar-refractivity contribution in [1.29, 1.82) is 0 Å². The van der Waals surface area contributed by atoms with E-state index in [1.807, 2.05) is 54.6 Å². The van der Waals surface area contributed by atoms with Gasteiger partial charge in [-0.3, -0.25) is 4.79 Å². The summed E-state index contributed by atoms with van der Waals surface area (Å²) in [6, 6.07) is 17.8. The van der Waals surface area contributed by atoms with E-state index in [0.29, 0.717) is 5.39 Å². The summed E-state index contributed by atoms with van der Waals surface area (Å²) in [7, 11) is 1.64. The minimum absolute atomic E-state index is 0.121. The molecular weight excluding hydrogens is 320 g/mol. The van der Waals surface area contributed by atoms with Gasteiger partial charge >= 0.3 is 0 Å². The predicted octanol–water partition coefficient (Wildman–Crippen LogP) is 4.33. The van der Waals surface area contributed by atoms with Gasteiger partial charge in [0.1, 0.15) is 10.6 Å². The molecule has 0 saturated heterocycles. The van der Waals surface area contributed by atoms with E-state index in [9.17, 15) is 4.79 Å². The summed E-state index contributed by atoms with van der Waals surface area (Å²) >= 11 is 1.53. The van der Waals surface area contributed by atoms with Crippen LogP contribution in [0.4, 0.5) is 0 Å². The molecule has 24 heavy (non-hydrogen) atoms. The SMILES string of the molecule is COc1ccc(-c2c(-c3ccccc3)sc3nc[nH]c(=O)c23)cc1. The molecule has 2 aromatic carbocycles. The zero-order valence-electron chi connectivity index (χ0n) is 12.9. The van der Waals surface area contributed by atoms with Gasteiger partial charge < -0.3 is 9.72 Å². The molecule has 2 heterocycles. The van der Waals surface area contributed by atoms with Crippen LogP contribution >= 0.6 is 11.3 Å². The van der Waals surface area contributed by atoms with E-state index in [-0.39, 0.29) is 5.56 Å². The molecular formula is C19H14N2O2S. The van der Waals surface area contributed by atoms with Crippen molar-refractivity contribution in [3.05, 3.63) is 71.3 Å². The number of nitrogens with zero attached hydrogens (tertiary/aromatic N) is 1. The molecule has 0 aliphatic heterocycles. The van der Waals surface area contributed by atoms with Gasteiger partial charge in [-0.25, -0.2) is 4.98 Å². The van der Waals surface area contributed by atoms with Gasteiger partial charge in [0.2, 0.25) is 0 Å². The van der Waals surface area contributed by atoms with E-state index in [2.05, 4.69) is 9.97 Å². The van der Waals surface area contributed by atoms with Crippen LogP contribution in [0.3, 0.4) is 0 Å². The Hall–Kier alpha value is -2.92. The van der Waals surface area contributed by atoms with Crippen molar-refractivity contribution in [2.24, 2.45) is 0 Å². The van der Waals surface area contributed by atoms with Crippen LogP contribution in [0.25, 0.3) is 31.8 Å². The Morgan fingerprint density at radius 3 is 2.46 bits per heavy atom. The molecule has 0 radical (unpaired) electrons. The zero-order chi connectivity index (χ0) is 16.5. The summed E-state index contributed by atoms with van der Waals surface area (Å²) in [6.07, 6.45) is 1.45. The first-order valence-corrected chi connectivity index (χ1v) is 8.29. The fourth-order valence-corrected chi connectivity index (χ4v) is 3.94. The number of aromatic nitrogens is 2. The second-order valence-corrected chi connectivity index (χ2v) is 6.31. The lowest BCUT2D eigenvalue weighted by Gasteiger charge is -2.06. The number of hydrogen-bond acceptors (Lipinski definition) is 4. The standard InChI is InChI=1S/C19H14N2O2S/c1-23-14-9-7-12(8-10-14)15-16-18(22)20-11-21-19(16)24-17(15)13-5-3-2-4-6-13/h2-11H,1H3,(H,20,21,22). The highest BCUT2D eigenvalue weighted by Crippen LogP contribution is 2.42. The second kappa shape index (κ2) is 5.94. The van der Waals surface area contributed by atoms with Gasteiger partial charge in [0.05, 0.1) is 18.8 Å². The molecule has 4 rings (SSSR count). The number of methoxy groups -OCH3 is 1.